The van der Waals surface area contributed by atoms with Crippen molar-refractivity contribution >= 4 is 59.4 Å². The van der Waals surface area contributed by atoms with Crippen LogP contribution in [0.4, 0.5) is 0 Å². The SMILES string of the molecule is COc1cc(Br)c(Oc2c(Cl)cccc2CBr)cc1Br. The molecule has 0 heterocycles. The maximum Gasteiger partial charge on any atom is 0.150 e. The second-order valence-corrected chi connectivity index (χ2v) is 6.56. The van der Waals surface area contributed by atoms with Gasteiger partial charge in [0.2, 0.25) is 0 Å². The molecule has 6 heteroatoms. The van der Waals surface area contributed by atoms with E-state index in [2.05, 4.69) is 47.8 Å². The van der Waals surface area contributed by atoms with Crippen LogP contribution < -0.4 is 9.47 Å². The van der Waals surface area contributed by atoms with E-state index in [0.717, 1.165) is 20.3 Å². The molecule has 0 saturated carbocycles. The lowest BCUT2D eigenvalue weighted by atomic mass is 10.2. The third-order valence-electron chi connectivity index (χ3n) is 2.61. The van der Waals surface area contributed by atoms with E-state index >= 15 is 0 Å². The van der Waals surface area contributed by atoms with E-state index in [9.17, 15) is 0 Å². The molecule has 0 N–H and O–H groups in total. The van der Waals surface area contributed by atoms with Crippen LogP contribution in [0.25, 0.3) is 0 Å². The van der Waals surface area contributed by atoms with Crippen molar-refractivity contribution in [3.63, 3.8) is 0 Å². The maximum absolute atomic E-state index is 6.21. The molecular weight excluding hydrogens is 475 g/mol. The van der Waals surface area contributed by atoms with Crippen molar-refractivity contribution in [2.75, 3.05) is 7.11 Å². The van der Waals surface area contributed by atoms with Crippen LogP contribution in [0, 0.1) is 0 Å². The summed E-state index contributed by atoms with van der Waals surface area (Å²) in [4.78, 5) is 0. The van der Waals surface area contributed by atoms with Gasteiger partial charge in [-0.2, -0.15) is 0 Å². The van der Waals surface area contributed by atoms with Gasteiger partial charge in [0.25, 0.3) is 0 Å². The lowest BCUT2D eigenvalue weighted by Crippen LogP contribution is -1.93. The van der Waals surface area contributed by atoms with Gasteiger partial charge in [0.05, 0.1) is 21.1 Å². The van der Waals surface area contributed by atoms with Crippen LogP contribution >= 0.6 is 59.4 Å². The second kappa shape index (κ2) is 7.16. The average molecular weight is 485 g/mol. The van der Waals surface area contributed by atoms with Gasteiger partial charge >= 0.3 is 0 Å². The average Bonchev–Trinajstić information content (AvgIpc) is 2.44. The zero-order valence-corrected chi connectivity index (χ0v) is 15.9. The third kappa shape index (κ3) is 3.50. The summed E-state index contributed by atoms with van der Waals surface area (Å²) in [5.74, 6) is 2.03. The number of alkyl halides is 1. The number of methoxy groups -OCH3 is 1. The van der Waals surface area contributed by atoms with E-state index < -0.39 is 0 Å². The predicted octanol–water partition coefficient (Wildman–Crippen LogP) is 6.56. The second-order valence-electron chi connectivity index (χ2n) is 3.88. The minimum Gasteiger partial charge on any atom is -0.496 e. The third-order valence-corrected chi connectivity index (χ3v) is 4.75. The molecule has 0 aliphatic carbocycles. The monoisotopic (exact) mass is 482 g/mol. The molecule has 2 aromatic carbocycles. The van der Waals surface area contributed by atoms with Gasteiger partial charge in [-0.3, -0.25) is 0 Å². The smallest absolute Gasteiger partial charge is 0.150 e. The fraction of sp³-hybridized carbons (Fsp3) is 0.143. The van der Waals surface area contributed by atoms with E-state index in [1.165, 1.54) is 0 Å². The Kier molecular flexibility index (Phi) is 5.78. The molecular formula is C14H10Br3ClO2. The van der Waals surface area contributed by atoms with E-state index in [0.29, 0.717) is 21.9 Å². The molecule has 2 nitrogen and oxygen atoms in total. The molecule has 0 radical (unpaired) electrons. The molecule has 0 aliphatic heterocycles. The van der Waals surface area contributed by atoms with Crippen LogP contribution in [-0.4, -0.2) is 7.11 Å². The lowest BCUT2D eigenvalue weighted by molar-refractivity contribution is 0.409. The number of hydrogen-bond acceptors (Lipinski definition) is 2. The molecule has 2 rings (SSSR count). The quantitative estimate of drug-likeness (QED) is 0.457. The number of halogens is 4. The molecule has 0 unspecified atom stereocenters. The van der Waals surface area contributed by atoms with E-state index in [1.54, 1.807) is 13.2 Å². The molecule has 0 aromatic heterocycles. The Morgan fingerprint density at radius 1 is 1.10 bits per heavy atom. The Balaban J connectivity index is 2.43. The van der Waals surface area contributed by atoms with Crippen LogP contribution in [0.1, 0.15) is 5.56 Å². The van der Waals surface area contributed by atoms with Gasteiger partial charge in [-0.05, 0) is 50.1 Å². The van der Waals surface area contributed by atoms with Crippen LogP contribution in [0.3, 0.4) is 0 Å². The van der Waals surface area contributed by atoms with Crippen molar-refractivity contribution in [2.45, 2.75) is 5.33 Å². The molecule has 0 atom stereocenters. The fourth-order valence-corrected chi connectivity index (χ4v) is 3.19. The zero-order valence-electron chi connectivity index (χ0n) is 10.4. The summed E-state index contributed by atoms with van der Waals surface area (Å²) in [7, 11) is 1.62. The first-order valence-electron chi connectivity index (χ1n) is 5.61. The highest BCUT2D eigenvalue weighted by Crippen LogP contribution is 2.41. The van der Waals surface area contributed by atoms with Crippen LogP contribution in [0.15, 0.2) is 39.3 Å². The molecule has 0 aliphatic rings. The van der Waals surface area contributed by atoms with Gasteiger partial charge in [0.1, 0.15) is 17.2 Å². The van der Waals surface area contributed by atoms with Gasteiger partial charge in [-0.25, -0.2) is 0 Å². The van der Waals surface area contributed by atoms with E-state index in [1.807, 2.05) is 24.3 Å². The summed E-state index contributed by atoms with van der Waals surface area (Å²) < 4.78 is 12.8. The Labute approximate surface area is 147 Å². The number of benzene rings is 2. The molecule has 0 fully saturated rings. The summed E-state index contributed by atoms with van der Waals surface area (Å²) in [6.07, 6.45) is 0. The number of hydrogen-bond donors (Lipinski definition) is 0. The Bertz CT molecular complexity index is 632. The van der Waals surface area contributed by atoms with Crippen molar-refractivity contribution in [3.05, 3.63) is 49.9 Å². The number of ether oxygens (including phenoxy) is 2. The van der Waals surface area contributed by atoms with Gasteiger partial charge in [-0.1, -0.05) is 39.7 Å². The van der Waals surface area contributed by atoms with E-state index in [4.69, 9.17) is 21.1 Å². The standard InChI is InChI=1S/C14H10Br3ClO2/c1-19-12-5-10(17)13(6-9(12)16)20-14-8(7-15)3-2-4-11(14)18/h2-6H,7H2,1H3. The molecule has 0 saturated heterocycles. The van der Waals surface area contributed by atoms with Crippen molar-refractivity contribution in [2.24, 2.45) is 0 Å². The molecule has 106 valence electrons. The van der Waals surface area contributed by atoms with Crippen LogP contribution in [0.2, 0.25) is 5.02 Å². The van der Waals surface area contributed by atoms with Gasteiger partial charge in [0, 0.05) is 10.9 Å². The highest BCUT2D eigenvalue weighted by Gasteiger charge is 2.13. The van der Waals surface area contributed by atoms with Crippen molar-refractivity contribution in [3.8, 4) is 17.2 Å². The number of para-hydroxylation sites is 1. The largest absolute Gasteiger partial charge is 0.496 e. The molecule has 0 spiro atoms. The first-order valence-corrected chi connectivity index (χ1v) is 8.69. The normalized spacial score (nSPS) is 10.4. The molecule has 20 heavy (non-hydrogen) atoms. The van der Waals surface area contributed by atoms with E-state index in [-0.39, 0.29) is 0 Å². The summed E-state index contributed by atoms with van der Waals surface area (Å²) in [6, 6.07) is 9.33. The maximum atomic E-state index is 6.21. The minimum atomic E-state index is 0.570. The highest BCUT2D eigenvalue weighted by atomic mass is 79.9. The Morgan fingerprint density at radius 3 is 2.40 bits per heavy atom. The lowest BCUT2D eigenvalue weighted by Gasteiger charge is -2.14. The van der Waals surface area contributed by atoms with Crippen molar-refractivity contribution in [1.82, 2.24) is 0 Å². The van der Waals surface area contributed by atoms with Crippen LogP contribution in [0.5, 0.6) is 17.2 Å². The summed E-state index contributed by atoms with van der Waals surface area (Å²) in [6.45, 7) is 0. The molecule has 0 amide bonds. The zero-order chi connectivity index (χ0) is 14.7. The predicted molar refractivity (Wildman–Crippen MR) is 92.6 cm³/mol. The van der Waals surface area contributed by atoms with Gasteiger partial charge < -0.3 is 9.47 Å². The van der Waals surface area contributed by atoms with Crippen molar-refractivity contribution in [1.29, 1.82) is 0 Å². The van der Waals surface area contributed by atoms with Gasteiger partial charge in [-0.15, -0.1) is 0 Å². The fourth-order valence-electron chi connectivity index (χ4n) is 1.63. The molecule has 2 aromatic rings. The first-order chi connectivity index (χ1) is 9.56. The van der Waals surface area contributed by atoms with Crippen LogP contribution in [-0.2, 0) is 5.33 Å². The van der Waals surface area contributed by atoms with Gasteiger partial charge in [0.15, 0.2) is 0 Å². The molecule has 0 bridgehead atoms. The summed E-state index contributed by atoms with van der Waals surface area (Å²) in [5, 5.41) is 1.23. The number of rotatable bonds is 4. The van der Waals surface area contributed by atoms with Crippen molar-refractivity contribution < 1.29 is 9.47 Å². The Hall–Kier alpha value is -0.230. The Morgan fingerprint density at radius 2 is 1.75 bits per heavy atom. The summed E-state index contributed by atoms with van der Waals surface area (Å²) in [5.41, 5.74) is 0.983. The highest BCUT2D eigenvalue weighted by molar-refractivity contribution is 9.11. The first kappa shape index (κ1) is 16.1. The topological polar surface area (TPSA) is 18.5 Å². The summed E-state index contributed by atoms with van der Waals surface area (Å²) >= 11 is 16.6. The minimum absolute atomic E-state index is 0.570.